The minimum Gasteiger partial charge on any atom is -0.393 e. The third kappa shape index (κ3) is 3.70. The van der Waals surface area contributed by atoms with Crippen LogP contribution < -0.4 is 0 Å². The molecule has 1 aromatic rings. The van der Waals surface area contributed by atoms with Crippen molar-refractivity contribution in [2.75, 3.05) is 0 Å². The fourth-order valence-corrected chi connectivity index (χ4v) is 1.72. The maximum absolute atomic E-state index is 13.3. The third-order valence-corrected chi connectivity index (χ3v) is 2.56. The molecule has 2 unspecified atom stereocenters. The van der Waals surface area contributed by atoms with Gasteiger partial charge in [0, 0.05) is 0 Å². The average molecular weight is 250 g/mol. The van der Waals surface area contributed by atoms with Gasteiger partial charge < -0.3 is 5.11 Å². The van der Waals surface area contributed by atoms with E-state index in [4.69, 9.17) is 5.11 Å². The molecular weight excluding hydrogens is 236 g/mol. The van der Waals surface area contributed by atoms with Crippen LogP contribution in [0.2, 0.25) is 0 Å². The van der Waals surface area contributed by atoms with Crippen molar-refractivity contribution in [3.05, 3.63) is 35.1 Å². The molecule has 1 N–H and O–H groups in total. The number of halogens is 4. The van der Waals surface area contributed by atoms with Crippen molar-refractivity contribution in [1.82, 2.24) is 0 Å². The van der Waals surface area contributed by atoms with Gasteiger partial charge in [0.25, 0.3) is 0 Å². The fraction of sp³-hybridized carbons (Fsp3) is 0.500. The number of hydrogen-bond acceptors (Lipinski definition) is 1. The van der Waals surface area contributed by atoms with Crippen molar-refractivity contribution in [3.8, 4) is 0 Å². The maximum Gasteiger partial charge on any atom is 0.419 e. The lowest BCUT2D eigenvalue weighted by Crippen LogP contribution is -2.10. The summed E-state index contributed by atoms with van der Waals surface area (Å²) in [5, 5.41) is 9.16. The Balaban J connectivity index is 2.97. The Kier molecular flexibility index (Phi) is 4.14. The molecule has 0 saturated heterocycles. The first-order valence-corrected chi connectivity index (χ1v) is 5.26. The van der Waals surface area contributed by atoms with E-state index in [0.29, 0.717) is 12.0 Å². The van der Waals surface area contributed by atoms with E-state index in [0.717, 1.165) is 12.1 Å². The van der Waals surface area contributed by atoms with Crippen LogP contribution in [-0.4, -0.2) is 11.2 Å². The highest BCUT2D eigenvalue weighted by Crippen LogP contribution is 2.33. The Bertz CT molecular complexity index is 385. The Labute approximate surface area is 97.1 Å². The molecule has 1 rings (SSSR count). The molecule has 0 amide bonds. The summed E-state index contributed by atoms with van der Waals surface area (Å²) in [6.45, 7) is 3.31. The van der Waals surface area contributed by atoms with Crippen molar-refractivity contribution in [2.45, 2.75) is 38.5 Å². The SMILES string of the molecule is CC(O)CC(C)c1ccc(C(F)(F)F)c(F)c1. The zero-order chi connectivity index (χ0) is 13.2. The highest BCUT2D eigenvalue weighted by molar-refractivity contribution is 5.28. The smallest absolute Gasteiger partial charge is 0.393 e. The van der Waals surface area contributed by atoms with Crippen molar-refractivity contribution < 1.29 is 22.7 Å². The van der Waals surface area contributed by atoms with Gasteiger partial charge in [-0.05, 0) is 37.0 Å². The zero-order valence-corrected chi connectivity index (χ0v) is 9.55. The Morgan fingerprint density at radius 1 is 1.24 bits per heavy atom. The molecular formula is C12H14F4O. The normalized spacial score (nSPS) is 15.7. The van der Waals surface area contributed by atoms with Gasteiger partial charge in [-0.15, -0.1) is 0 Å². The van der Waals surface area contributed by atoms with Crippen LogP contribution in [-0.2, 0) is 6.18 Å². The second-order valence-corrected chi connectivity index (χ2v) is 4.22. The molecule has 0 saturated carbocycles. The minimum atomic E-state index is -4.67. The average Bonchev–Trinajstić information content (AvgIpc) is 2.14. The molecule has 0 heterocycles. The molecule has 1 nitrogen and oxygen atoms in total. The van der Waals surface area contributed by atoms with Gasteiger partial charge in [0.1, 0.15) is 5.82 Å². The summed E-state index contributed by atoms with van der Waals surface area (Å²) >= 11 is 0. The van der Waals surface area contributed by atoms with Gasteiger partial charge in [-0.3, -0.25) is 0 Å². The van der Waals surface area contributed by atoms with E-state index in [-0.39, 0.29) is 5.92 Å². The lowest BCUT2D eigenvalue weighted by Gasteiger charge is -2.15. The Hall–Kier alpha value is -1.10. The van der Waals surface area contributed by atoms with E-state index in [1.807, 2.05) is 0 Å². The van der Waals surface area contributed by atoms with Gasteiger partial charge in [-0.25, -0.2) is 4.39 Å². The molecule has 5 heteroatoms. The molecule has 0 aliphatic carbocycles. The van der Waals surface area contributed by atoms with E-state index in [1.54, 1.807) is 13.8 Å². The van der Waals surface area contributed by atoms with Gasteiger partial charge in [0.2, 0.25) is 0 Å². The van der Waals surface area contributed by atoms with E-state index in [2.05, 4.69) is 0 Å². The number of hydrogen-bond donors (Lipinski definition) is 1. The van der Waals surface area contributed by atoms with Crippen LogP contribution in [0.1, 0.15) is 37.3 Å². The number of alkyl halides is 3. The molecule has 1 aromatic carbocycles. The first-order chi connectivity index (χ1) is 7.71. The summed E-state index contributed by atoms with van der Waals surface area (Å²) in [5.74, 6) is -1.46. The predicted octanol–water partition coefficient (Wildman–Crippen LogP) is 3.72. The van der Waals surface area contributed by atoms with Crippen LogP contribution in [0.15, 0.2) is 18.2 Å². The van der Waals surface area contributed by atoms with Gasteiger partial charge in [-0.2, -0.15) is 13.2 Å². The highest BCUT2D eigenvalue weighted by atomic mass is 19.4. The molecule has 2 atom stereocenters. The van der Waals surface area contributed by atoms with Crippen LogP contribution in [0.25, 0.3) is 0 Å². The largest absolute Gasteiger partial charge is 0.419 e. The van der Waals surface area contributed by atoms with Crippen LogP contribution in [0.5, 0.6) is 0 Å². The first kappa shape index (κ1) is 14.0. The van der Waals surface area contributed by atoms with E-state index in [9.17, 15) is 17.6 Å². The first-order valence-electron chi connectivity index (χ1n) is 5.26. The number of aliphatic hydroxyl groups is 1. The van der Waals surface area contributed by atoms with Gasteiger partial charge in [0.15, 0.2) is 0 Å². The molecule has 96 valence electrons. The summed E-state index contributed by atoms with van der Waals surface area (Å²) in [7, 11) is 0. The van der Waals surface area contributed by atoms with Crippen molar-refractivity contribution in [3.63, 3.8) is 0 Å². The van der Waals surface area contributed by atoms with Crippen LogP contribution in [0, 0.1) is 5.82 Å². The summed E-state index contributed by atoms with van der Waals surface area (Å²) in [5.41, 5.74) is -0.804. The van der Waals surface area contributed by atoms with Crippen LogP contribution in [0.4, 0.5) is 17.6 Å². The summed E-state index contributed by atoms with van der Waals surface area (Å²) in [6, 6.07) is 2.87. The lowest BCUT2D eigenvalue weighted by atomic mass is 9.94. The zero-order valence-electron chi connectivity index (χ0n) is 9.55. The summed E-state index contributed by atoms with van der Waals surface area (Å²) < 4.78 is 50.2. The second-order valence-electron chi connectivity index (χ2n) is 4.22. The monoisotopic (exact) mass is 250 g/mol. The Morgan fingerprint density at radius 3 is 2.24 bits per heavy atom. The quantitative estimate of drug-likeness (QED) is 0.810. The molecule has 0 aliphatic heterocycles. The fourth-order valence-electron chi connectivity index (χ4n) is 1.72. The summed E-state index contributed by atoms with van der Waals surface area (Å²) in [6.07, 6.45) is -4.86. The highest BCUT2D eigenvalue weighted by Gasteiger charge is 2.34. The van der Waals surface area contributed by atoms with Crippen molar-refractivity contribution in [1.29, 1.82) is 0 Å². The molecule has 0 spiro atoms. The molecule has 0 aromatic heterocycles. The lowest BCUT2D eigenvalue weighted by molar-refractivity contribution is -0.140. The van der Waals surface area contributed by atoms with Crippen LogP contribution in [0.3, 0.4) is 0 Å². The molecule has 17 heavy (non-hydrogen) atoms. The molecule has 0 aliphatic rings. The molecule has 0 bridgehead atoms. The van der Waals surface area contributed by atoms with Crippen molar-refractivity contribution in [2.24, 2.45) is 0 Å². The van der Waals surface area contributed by atoms with E-state index >= 15 is 0 Å². The third-order valence-electron chi connectivity index (χ3n) is 2.56. The molecule has 0 fully saturated rings. The molecule has 0 radical (unpaired) electrons. The minimum absolute atomic E-state index is 0.188. The number of benzene rings is 1. The van der Waals surface area contributed by atoms with Gasteiger partial charge in [-0.1, -0.05) is 13.0 Å². The standard InChI is InChI=1S/C12H14F4O/c1-7(5-8(2)17)9-3-4-10(11(13)6-9)12(14,15)16/h3-4,6-8,17H,5H2,1-2H3. The topological polar surface area (TPSA) is 20.2 Å². The second kappa shape index (κ2) is 5.04. The maximum atomic E-state index is 13.3. The van der Waals surface area contributed by atoms with Crippen molar-refractivity contribution >= 4 is 0 Å². The summed E-state index contributed by atoms with van der Waals surface area (Å²) in [4.78, 5) is 0. The number of rotatable bonds is 3. The van der Waals surface area contributed by atoms with E-state index < -0.39 is 23.7 Å². The van der Waals surface area contributed by atoms with Gasteiger partial charge in [0.05, 0.1) is 11.7 Å². The Morgan fingerprint density at radius 2 is 1.82 bits per heavy atom. The van der Waals surface area contributed by atoms with Crippen LogP contribution >= 0.6 is 0 Å². The van der Waals surface area contributed by atoms with E-state index in [1.165, 1.54) is 6.07 Å². The van der Waals surface area contributed by atoms with Gasteiger partial charge >= 0.3 is 6.18 Å². The predicted molar refractivity (Wildman–Crippen MR) is 56.1 cm³/mol. The number of aliphatic hydroxyl groups excluding tert-OH is 1.